The van der Waals surface area contributed by atoms with E-state index in [9.17, 15) is 18.0 Å². The van der Waals surface area contributed by atoms with Gasteiger partial charge in [-0.25, -0.2) is 13.2 Å². The van der Waals surface area contributed by atoms with Gasteiger partial charge in [0.25, 0.3) is 5.91 Å². The van der Waals surface area contributed by atoms with E-state index in [-0.39, 0.29) is 27.9 Å². The number of hydrogen-bond donors (Lipinski definition) is 1. The molecule has 2 aromatic heterocycles. The number of aromatic nitrogens is 2. The maximum Gasteiger partial charge on any atom is 0.328 e. The number of fused-ring (bicyclic) bond motifs is 1. The number of carbonyl (C=O) groups is 1. The summed E-state index contributed by atoms with van der Waals surface area (Å²) >= 11 is 1.30. The van der Waals surface area contributed by atoms with Gasteiger partial charge in [0.1, 0.15) is 0 Å². The van der Waals surface area contributed by atoms with Crippen LogP contribution in [0, 0.1) is 6.92 Å². The molecule has 150 valence electrons. The van der Waals surface area contributed by atoms with Crippen LogP contribution in [-0.2, 0) is 23.9 Å². The number of nitrogens with one attached hydrogen (secondary N) is 1. The van der Waals surface area contributed by atoms with Crippen molar-refractivity contribution >= 4 is 43.8 Å². The summed E-state index contributed by atoms with van der Waals surface area (Å²) in [6.07, 6.45) is 1.26. The normalized spacial score (nSPS) is 11.9. The van der Waals surface area contributed by atoms with Crippen LogP contribution < -0.4 is 11.0 Å². The fourth-order valence-corrected chi connectivity index (χ4v) is 5.55. The average Bonchev–Trinajstić information content (AvgIpc) is 3.17. The van der Waals surface area contributed by atoms with Gasteiger partial charge >= 0.3 is 5.69 Å². The lowest BCUT2D eigenvalue weighted by atomic mass is 10.2. The summed E-state index contributed by atoms with van der Waals surface area (Å²) in [6.45, 7) is 3.75. The number of hydrogen-bond acceptors (Lipinski definition) is 5. The van der Waals surface area contributed by atoms with Crippen LogP contribution in [0.1, 0.15) is 35.0 Å². The minimum Gasteiger partial charge on any atom is -0.320 e. The highest BCUT2D eigenvalue weighted by molar-refractivity contribution is 7.91. The maximum absolute atomic E-state index is 13.0. The molecule has 0 atom stereocenters. The van der Waals surface area contributed by atoms with E-state index >= 15 is 0 Å². The van der Waals surface area contributed by atoms with Crippen molar-refractivity contribution in [3.63, 3.8) is 0 Å². The minimum absolute atomic E-state index is 0.0172. The van der Waals surface area contributed by atoms with Gasteiger partial charge in [-0.2, -0.15) is 0 Å². The summed E-state index contributed by atoms with van der Waals surface area (Å²) in [6, 6.07) is 4.89. The van der Waals surface area contributed by atoms with Crippen LogP contribution >= 0.6 is 11.3 Å². The monoisotopic (exact) mass is 421 g/mol. The van der Waals surface area contributed by atoms with E-state index in [1.165, 1.54) is 26.5 Å². The Bertz CT molecular complexity index is 1220. The molecule has 0 saturated carbocycles. The third kappa shape index (κ3) is 3.51. The zero-order valence-corrected chi connectivity index (χ0v) is 17.9. The molecule has 3 aromatic rings. The largest absolute Gasteiger partial charge is 0.328 e. The van der Waals surface area contributed by atoms with Gasteiger partial charge in [0, 0.05) is 14.1 Å². The van der Waals surface area contributed by atoms with Crippen LogP contribution in [0.3, 0.4) is 0 Å². The number of unbranched alkanes of at least 4 members (excludes halogenated alkanes) is 1. The number of amides is 1. The van der Waals surface area contributed by atoms with Gasteiger partial charge in [-0.15, -0.1) is 11.3 Å². The van der Waals surface area contributed by atoms with E-state index in [2.05, 4.69) is 5.32 Å². The molecule has 1 amide bonds. The Balaban J connectivity index is 2.19. The number of benzene rings is 1. The van der Waals surface area contributed by atoms with Gasteiger partial charge in [-0.1, -0.05) is 13.3 Å². The molecule has 28 heavy (non-hydrogen) atoms. The molecular formula is C19H23N3O4S2. The van der Waals surface area contributed by atoms with Crippen molar-refractivity contribution in [3.05, 3.63) is 44.5 Å². The molecule has 0 saturated heterocycles. The summed E-state index contributed by atoms with van der Waals surface area (Å²) in [5.41, 5.74) is 1.83. The molecule has 0 aliphatic rings. The van der Waals surface area contributed by atoms with Crippen molar-refractivity contribution in [1.82, 2.24) is 9.13 Å². The molecule has 2 heterocycles. The molecule has 0 spiro atoms. The van der Waals surface area contributed by atoms with Gasteiger partial charge in [0.05, 0.1) is 32.2 Å². The topological polar surface area (TPSA) is 90.2 Å². The molecule has 0 aliphatic heterocycles. The Morgan fingerprint density at radius 1 is 1.18 bits per heavy atom. The zero-order valence-electron chi connectivity index (χ0n) is 16.3. The first kappa shape index (κ1) is 20.3. The van der Waals surface area contributed by atoms with E-state index in [0.29, 0.717) is 22.3 Å². The highest BCUT2D eigenvalue weighted by Gasteiger charge is 2.24. The first-order valence-corrected chi connectivity index (χ1v) is 11.5. The lowest BCUT2D eigenvalue weighted by Crippen LogP contribution is -2.19. The Hall–Kier alpha value is -2.39. The van der Waals surface area contributed by atoms with E-state index in [1.807, 2.05) is 25.3 Å². The van der Waals surface area contributed by atoms with E-state index in [0.717, 1.165) is 12.0 Å². The third-order valence-electron chi connectivity index (χ3n) is 4.79. The Morgan fingerprint density at radius 3 is 2.39 bits per heavy atom. The lowest BCUT2D eigenvalue weighted by molar-refractivity contribution is 0.103. The molecule has 3 rings (SSSR count). The molecule has 7 nitrogen and oxygen atoms in total. The van der Waals surface area contributed by atoms with E-state index in [1.54, 1.807) is 20.2 Å². The molecule has 9 heteroatoms. The fourth-order valence-electron chi connectivity index (χ4n) is 3.11. The summed E-state index contributed by atoms with van der Waals surface area (Å²) in [5, 5.41) is 4.56. The molecule has 0 aliphatic carbocycles. The molecule has 0 unspecified atom stereocenters. The summed E-state index contributed by atoms with van der Waals surface area (Å²) in [5.74, 6) is -0.379. The van der Waals surface area contributed by atoms with Crippen LogP contribution in [0.4, 0.5) is 5.69 Å². The Kier molecular flexibility index (Phi) is 5.49. The lowest BCUT2D eigenvalue weighted by Gasteiger charge is -2.13. The minimum atomic E-state index is -3.63. The summed E-state index contributed by atoms with van der Waals surface area (Å²) < 4.78 is 28.7. The van der Waals surface area contributed by atoms with Crippen molar-refractivity contribution in [2.24, 2.45) is 14.1 Å². The second-order valence-electron chi connectivity index (χ2n) is 6.80. The van der Waals surface area contributed by atoms with E-state index in [4.69, 9.17) is 0 Å². The van der Waals surface area contributed by atoms with Gasteiger partial charge in [0.2, 0.25) is 0 Å². The van der Waals surface area contributed by atoms with Crippen LogP contribution in [0.25, 0.3) is 11.0 Å². The molecule has 1 aromatic carbocycles. The molecule has 1 N–H and O–H groups in total. The maximum atomic E-state index is 13.0. The van der Waals surface area contributed by atoms with Crippen LogP contribution in [0.15, 0.2) is 33.3 Å². The van der Waals surface area contributed by atoms with Crippen LogP contribution in [-0.4, -0.2) is 29.2 Å². The third-order valence-corrected chi connectivity index (χ3v) is 7.64. The first-order chi connectivity index (χ1) is 13.2. The number of nitrogens with zero attached hydrogens (tertiary/aromatic N) is 2. The number of carbonyl (C=O) groups excluding carboxylic acids is 1. The summed E-state index contributed by atoms with van der Waals surface area (Å²) in [4.78, 5) is 25.6. The van der Waals surface area contributed by atoms with Crippen molar-refractivity contribution in [1.29, 1.82) is 0 Å². The molecule has 0 radical (unpaired) electrons. The van der Waals surface area contributed by atoms with Crippen molar-refractivity contribution in [2.75, 3.05) is 11.1 Å². The molecular weight excluding hydrogens is 398 g/mol. The standard InChI is InChI=1S/C19H23N3O4S2/c1-5-6-9-28(25,26)16-11-15-14(21(3)19(24)22(15)4)10-13(16)20-18(23)17-12(2)7-8-27-17/h7-8,10-11H,5-6,9H2,1-4H3,(H,20,23). The molecule has 0 bridgehead atoms. The summed E-state index contributed by atoms with van der Waals surface area (Å²) in [7, 11) is -0.412. The van der Waals surface area contributed by atoms with Crippen molar-refractivity contribution in [3.8, 4) is 0 Å². The van der Waals surface area contributed by atoms with Gasteiger partial charge in [-0.3, -0.25) is 13.9 Å². The number of rotatable bonds is 6. The second-order valence-corrected chi connectivity index (χ2v) is 9.79. The Labute approximate surface area is 167 Å². The number of aryl methyl sites for hydroxylation is 3. The Morgan fingerprint density at radius 2 is 1.82 bits per heavy atom. The van der Waals surface area contributed by atoms with Gasteiger partial charge in [-0.05, 0) is 42.5 Å². The molecule has 0 fully saturated rings. The average molecular weight is 422 g/mol. The predicted octanol–water partition coefficient (Wildman–Crippen LogP) is 3.07. The number of anilines is 1. The highest BCUT2D eigenvalue weighted by Crippen LogP contribution is 2.30. The van der Waals surface area contributed by atoms with Crippen molar-refractivity contribution in [2.45, 2.75) is 31.6 Å². The zero-order chi connectivity index (χ0) is 20.6. The van der Waals surface area contributed by atoms with Gasteiger partial charge in [0.15, 0.2) is 9.84 Å². The van der Waals surface area contributed by atoms with Crippen molar-refractivity contribution < 1.29 is 13.2 Å². The van der Waals surface area contributed by atoms with E-state index < -0.39 is 9.84 Å². The first-order valence-electron chi connectivity index (χ1n) is 8.95. The predicted molar refractivity (Wildman–Crippen MR) is 112 cm³/mol. The highest BCUT2D eigenvalue weighted by atomic mass is 32.2. The number of sulfone groups is 1. The van der Waals surface area contributed by atoms with Crippen LogP contribution in [0.2, 0.25) is 0 Å². The van der Waals surface area contributed by atoms with Gasteiger partial charge < -0.3 is 5.32 Å². The smallest absolute Gasteiger partial charge is 0.320 e. The number of thiophene rings is 1. The quantitative estimate of drug-likeness (QED) is 0.662. The number of imidazole rings is 1. The van der Waals surface area contributed by atoms with Crippen LogP contribution in [0.5, 0.6) is 0 Å². The second kappa shape index (κ2) is 7.56. The fraction of sp³-hybridized carbons (Fsp3) is 0.368. The SMILES string of the molecule is CCCCS(=O)(=O)c1cc2c(cc1NC(=O)c1sccc1C)n(C)c(=O)n2C.